The van der Waals surface area contributed by atoms with Crippen LogP contribution in [0.15, 0.2) is 88.4 Å². The van der Waals surface area contributed by atoms with E-state index in [1.54, 1.807) is 23.1 Å². The smallest absolute Gasteiger partial charge is 0.253 e. The highest BCUT2D eigenvalue weighted by Gasteiger charge is 2.25. The molecule has 0 saturated carbocycles. The zero-order valence-corrected chi connectivity index (χ0v) is 20.6. The summed E-state index contributed by atoms with van der Waals surface area (Å²) in [5, 5.41) is 6.17. The molecule has 182 valence electrons. The Kier molecular flexibility index (Phi) is 6.21. The predicted molar refractivity (Wildman–Crippen MR) is 145 cm³/mol. The number of furan rings is 1. The van der Waals surface area contributed by atoms with Crippen LogP contribution >= 0.6 is 11.6 Å². The van der Waals surface area contributed by atoms with Crippen molar-refractivity contribution in [2.75, 3.05) is 18.0 Å². The van der Waals surface area contributed by atoms with E-state index < -0.39 is 0 Å². The number of anilines is 1. The second-order valence-electron chi connectivity index (χ2n) is 9.34. The molecule has 7 heteroatoms. The lowest BCUT2D eigenvalue weighted by Crippen LogP contribution is -2.43. The van der Waals surface area contributed by atoms with Gasteiger partial charge >= 0.3 is 0 Å². The molecule has 6 rings (SSSR count). The fourth-order valence-electron chi connectivity index (χ4n) is 5.24. The molecule has 3 aromatic heterocycles. The summed E-state index contributed by atoms with van der Waals surface area (Å²) in [5.41, 5.74) is 4.63. The maximum atomic E-state index is 13.6. The molecule has 0 atom stereocenters. The van der Waals surface area contributed by atoms with Crippen LogP contribution in [0, 0.1) is 0 Å². The van der Waals surface area contributed by atoms with Gasteiger partial charge < -0.3 is 19.2 Å². The maximum absolute atomic E-state index is 13.6. The second kappa shape index (κ2) is 9.80. The molecular weight excluding hydrogens is 472 g/mol. The van der Waals surface area contributed by atoms with E-state index in [-0.39, 0.29) is 5.56 Å². The highest BCUT2D eigenvalue weighted by Crippen LogP contribution is 2.33. The van der Waals surface area contributed by atoms with Gasteiger partial charge in [-0.1, -0.05) is 23.7 Å². The van der Waals surface area contributed by atoms with Gasteiger partial charge in [0.15, 0.2) is 0 Å². The van der Waals surface area contributed by atoms with Gasteiger partial charge in [-0.05, 0) is 80.0 Å². The molecule has 4 heterocycles. The lowest BCUT2D eigenvalue weighted by molar-refractivity contribution is 0.428. The Labute approximate surface area is 214 Å². The summed E-state index contributed by atoms with van der Waals surface area (Å²) in [6.07, 6.45) is 5.49. The Morgan fingerprint density at radius 1 is 1.06 bits per heavy atom. The molecule has 1 saturated heterocycles. The quantitative estimate of drug-likeness (QED) is 0.330. The number of hydrogen-bond acceptors (Lipinski definition) is 5. The standard InChI is InChI=1S/C29H27ClN4O2/c30-22-5-6-26-25(16-22)27(17-29(35)34(26)19-23-3-1-2-11-32-23)33(24-8-12-31-13-9-24)18-20-4-7-28-21(15-20)10-14-36-28/h1-7,10-11,14-17,24,31H,8-9,12-13,18-19H2. The molecule has 2 aromatic carbocycles. The number of pyridine rings is 2. The minimum Gasteiger partial charge on any atom is -0.464 e. The van der Waals surface area contributed by atoms with E-state index in [0.29, 0.717) is 24.2 Å². The number of hydrogen-bond donors (Lipinski definition) is 1. The fraction of sp³-hybridized carbons (Fsp3) is 0.241. The minimum atomic E-state index is -0.0466. The summed E-state index contributed by atoms with van der Waals surface area (Å²) < 4.78 is 7.33. The summed E-state index contributed by atoms with van der Waals surface area (Å²) in [6.45, 7) is 3.01. The maximum Gasteiger partial charge on any atom is 0.253 e. The number of benzene rings is 2. The number of halogens is 1. The van der Waals surface area contributed by atoms with Gasteiger partial charge in [-0.3, -0.25) is 9.78 Å². The first-order valence-corrected chi connectivity index (χ1v) is 12.7. The van der Waals surface area contributed by atoms with Crippen molar-refractivity contribution in [3.63, 3.8) is 0 Å². The molecule has 1 fully saturated rings. The van der Waals surface area contributed by atoms with E-state index in [0.717, 1.165) is 59.2 Å². The van der Waals surface area contributed by atoms with Crippen LogP contribution in [0.1, 0.15) is 24.1 Å². The van der Waals surface area contributed by atoms with Gasteiger partial charge in [0, 0.05) is 40.6 Å². The van der Waals surface area contributed by atoms with Crippen LogP contribution in [0.4, 0.5) is 5.69 Å². The van der Waals surface area contributed by atoms with Crippen molar-refractivity contribution < 1.29 is 4.42 Å². The Balaban J connectivity index is 1.48. The number of fused-ring (bicyclic) bond motifs is 2. The third-order valence-corrected chi connectivity index (χ3v) is 7.26. The molecular formula is C29H27ClN4O2. The Morgan fingerprint density at radius 2 is 1.94 bits per heavy atom. The largest absolute Gasteiger partial charge is 0.464 e. The minimum absolute atomic E-state index is 0.0466. The van der Waals surface area contributed by atoms with Gasteiger partial charge in [0.2, 0.25) is 0 Å². The van der Waals surface area contributed by atoms with Gasteiger partial charge in [-0.15, -0.1) is 0 Å². The van der Waals surface area contributed by atoms with E-state index >= 15 is 0 Å². The van der Waals surface area contributed by atoms with Crippen molar-refractivity contribution in [2.24, 2.45) is 0 Å². The zero-order chi connectivity index (χ0) is 24.5. The highest BCUT2D eigenvalue weighted by atomic mass is 35.5. The van der Waals surface area contributed by atoms with Crippen LogP contribution in [0.25, 0.3) is 21.9 Å². The fourth-order valence-corrected chi connectivity index (χ4v) is 5.41. The van der Waals surface area contributed by atoms with Crippen LogP contribution in [0.2, 0.25) is 5.02 Å². The molecule has 0 spiro atoms. The van der Waals surface area contributed by atoms with Crippen LogP contribution in [-0.4, -0.2) is 28.7 Å². The van der Waals surface area contributed by atoms with Gasteiger partial charge in [0.1, 0.15) is 5.58 Å². The van der Waals surface area contributed by atoms with Gasteiger partial charge in [-0.25, -0.2) is 0 Å². The molecule has 0 amide bonds. The molecule has 1 aliphatic heterocycles. The first-order valence-electron chi connectivity index (χ1n) is 12.3. The highest BCUT2D eigenvalue weighted by molar-refractivity contribution is 6.31. The van der Waals surface area contributed by atoms with E-state index in [1.807, 2.05) is 48.5 Å². The van der Waals surface area contributed by atoms with Crippen LogP contribution in [0.3, 0.4) is 0 Å². The molecule has 1 aliphatic rings. The zero-order valence-electron chi connectivity index (χ0n) is 19.9. The third-order valence-electron chi connectivity index (χ3n) is 7.03. The summed E-state index contributed by atoms with van der Waals surface area (Å²) >= 11 is 6.51. The van der Waals surface area contributed by atoms with E-state index in [4.69, 9.17) is 16.0 Å². The van der Waals surface area contributed by atoms with E-state index in [2.05, 4.69) is 27.3 Å². The van der Waals surface area contributed by atoms with Gasteiger partial charge in [-0.2, -0.15) is 0 Å². The number of nitrogens with zero attached hydrogens (tertiary/aromatic N) is 3. The van der Waals surface area contributed by atoms with Crippen molar-refractivity contribution in [2.45, 2.75) is 32.0 Å². The molecule has 0 unspecified atom stereocenters. The van der Waals surface area contributed by atoms with Crippen molar-refractivity contribution in [1.29, 1.82) is 0 Å². The average molecular weight is 499 g/mol. The van der Waals surface area contributed by atoms with E-state index in [1.165, 1.54) is 5.56 Å². The molecule has 36 heavy (non-hydrogen) atoms. The van der Waals surface area contributed by atoms with Gasteiger partial charge in [0.05, 0.1) is 29.7 Å². The molecule has 0 radical (unpaired) electrons. The third kappa shape index (κ3) is 4.50. The Hall–Kier alpha value is -3.61. The molecule has 5 aromatic rings. The summed E-state index contributed by atoms with van der Waals surface area (Å²) in [4.78, 5) is 20.4. The average Bonchev–Trinajstić information content (AvgIpc) is 3.38. The van der Waals surface area contributed by atoms with Crippen molar-refractivity contribution in [3.8, 4) is 0 Å². The van der Waals surface area contributed by atoms with Crippen molar-refractivity contribution >= 4 is 39.2 Å². The predicted octanol–water partition coefficient (Wildman–Crippen LogP) is 5.60. The first-order chi connectivity index (χ1) is 17.7. The van der Waals surface area contributed by atoms with Crippen LogP contribution in [0.5, 0.6) is 0 Å². The summed E-state index contributed by atoms with van der Waals surface area (Å²) in [7, 11) is 0. The summed E-state index contributed by atoms with van der Waals surface area (Å²) in [6, 6.07) is 21.9. The molecule has 6 nitrogen and oxygen atoms in total. The Morgan fingerprint density at radius 3 is 2.78 bits per heavy atom. The molecule has 0 aliphatic carbocycles. The molecule has 1 N–H and O–H groups in total. The number of rotatable bonds is 6. The Bertz CT molecular complexity index is 1570. The van der Waals surface area contributed by atoms with Crippen molar-refractivity contribution in [1.82, 2.24) is 14.9 Å². The normalized spacial score (nSPS) is 14.5. The van der Waals surface area contributed by atoms with Crippen LogP contribution < -0.4 is 15.8 Å². The van der Waals surface area contributed by atoms with E-state index in [9.17, 15) is 4.79 Å². The first kappa shape index (κ1) is 22.8. The van der Waals surface area contributed by atoms with Crippen LogP contribution in [-0.2, 0) is 13.1 Å². The second-order valence-corrected chi connectivity index (χ2v) is 9.77. The summed E-state index contributed by atoms with van der Waals surface area (Å²) in [5.74, 6) is 0. The lowest BCUT2D eigenvalue weighted by atomic mass is 10.0. The topological polar surface area (TPSA) is 63.3 Å². The monoisotopic (exact) mass is 498 g/mol. The molecule has 0 bridgehead atoms. The number of piperidine rings is 1. The lowest BCUT2D eigenvalue weighted by Gasteiger charge is -2.37. The SMILES string of the molecule is O=c1cc(N(Cc2ccc3occc3c2)C2CCNCC2)c2cc(Cl)ccc2n1Cc1ccccn1. The number of nitrogens with one attached hydrogen (secondary N) is 1. The van der Waals surface area contributed by atoms with Crippen molar-refractivity contribution in [3.05, 3.63) is 106 Å². The van der Waals surface area contributed by atoms with Gasteiger partial charge in [0.25, 0.3) is 5.56 Å². The number of aromatic nitrogens is 2.